The molecule has 0 atom stereocenters. The van der Waals surface area contributed by atoms with Crippen molar-refractivity contribution >= 4 is 23.6 Å². The molecular weight excluding hydrogens is 366 g/mol. The second kappa shape index (κ2) is 8.63. The molecule has 1 aromatic carbocycles. The Morgan fingerprint density at radius 1 is 1.26 bits per heavy atom. The quantitative estimate of drug-likeness (QED) is 0.601. The molecule has 0 spiro atoms. The molecule has 1 heterocycles. The van der Waals surface area contributed by atoms with E-state index in [1.807, 2.05) is 18.2 Å². The molecule has 0 saturated heterocycles. The number of carboxylic acid groups (broad SMARTS) is 1. The summed E-state index contributed by atoms with van der Waals surface area (Å²) in [6.45, 7) is 1.35. The lowest BCUT2D eigenvalue weighted by Crippen LogP contribution is -2.31. The summed E-state index contributed by atoms with van der Waals surface area (Å²) in [4.78, 5) is 24.7. The van der Waals surface area contributed by atoms with E-state index in [1.54, 1.807) is 13.2 Å². The molecule has 0 radical (unpaired) electrons. The zero-order valence-corrected chi connectivity index (χ0v) is 16.0. The van der Waals surface area contributed by atoms with Crippen LogP contribution in [0.4, 0.5) is 0 Å². The minimum Gasteiger partial charge on any atom is -0.478 e. The summed E-state index contributed by atoms with van der Waals surface area (Å²) in [5.41, 5.74) is 0.921. The zero-order chi connectivity index (χ0) is 19.3. The molecule has 1 aliphatic rings. The molecule has 1 amide bonds. The van der Waals surface area contributed by atoms with Gasteiger partial charge in [0.05, 0.1) is 17.6 Å². The molecule has 6 nitrogen and oxygen atoms in total. The molecule has 1 aromatic heterocycles. The maximum atomic E-state index is 12.7. The molecule has 0 bridgehead atoms. The second-order valence-electron chi connectivity index (χ2n) is 6.77. The van der Waals surface area contributed by atoms with Crippen molar-refractivity contribution in [3.63, 3.8) is 0 Å². The minimum atomic E-state index is -1.02. The number of carboxylic acids is 1. The Labute approximate surface area is 162 Å². The van der Waals surface area contributed by atoms with Crippen LogP contribution < -0.4 is 5.32 Å². The van der Waals surface area contributed by atoms with Gasteiger partial charge in [0.2, 0.25) is 0 Å². The lowest BCUT2D eigenvalue weighted by Gasteiger charge is -2.16. The Bertz CT molecular complexity index is 812. The number of amides is 1. The molecule has 2 aromatic rings. The number of ether oxygens (including phenoxy) is 1. The van der Waals surface area contributed by atoms with Crippen LogP contribution in [0.3, 0.4) is 0 Å². The first-order valence-corrected chi connectivity index (χ1v) is 9.82. The number of benzene rings is 1. The third-order valence-electron chi connectivity index (χ3n) is 4.88. The summed E-state index contributed by atoms with van der Waals surface area (Å²) in [6, 6.07) is 8.77. The Kier molecular flexibility index (Phi) is 6.23. The van der Waals surface area contributed by atoms with Crippen molar-refractivity contribution in [3.8, 4) is 0 Å². The van der Waals surface area contributed by atoms with Gasteiger partial charge in [-0.1, -0.05) is 12.1 Å². The molecule has 1 saturated carbocycles. The lowest BCUT2D eigenvalue weighted by atomic mass is 10.0. The van der Waals surface area contributed by atoms with Crippen LogP contribution in [0.15, 0.2) is 45.9 Å². The molecule has 7 heteroatoms. The van der Waals surface area contributed by atoms with Crippen LogP contribution in [-0.2, 0) is 10.5 Å². The van der Waals surface area contributed by atoms with E-state index >= 15 is 0 Å². The number of carbonyl (C=O) groups is 2. The van der Waals surface area contributed by atoms with Crippen LogP contribution in [0.25, 0.3) is 0 Å². The number of thioether (sulfide) groups is 1. The average molecular weight is 389 g/mol. The minimum absolute atomic E-state index is 0.111. The van der Waals surface area contributed by atoms with Crippen molar-refractivity contribution < 1.29 is 23.8 Å². The van der Waals surface area contributed by atoms with Crippen molar-refractivity contribution in [2.45, 2.75) is 29.9 Å². The van der Waals surface area contributed by atoms with Gasteiger partial charge in [0.25, 0.3) is 5.91 Å². The molecule has 2 N–H and O–H groups in total. The van der Waals surface area contributed by atoms with Gasteiger partial charge in [-0.2, -0.15) is 0 Å². The lowest BCUT2D eigenvalue weighted by molar-refractivity contribution is 0.0694. The number of rotatable bonds is 10. The predicted molar refractivity (Wildman–Crippen MR) is 102 cm³/mol. The monoisotopic (exact) mass is 389 g/mol. The van der Waals surface area contributed by atoms with Gasteiger partial charge in [-0.3, -0.25) is 4.79 Å². The highest BCUT2D eigenvalue weighted by Crippen LogP contribution is 2.48. The predicted octanol–water partition coefficient (Wildman–Crippen LogP) is 3.82. The highest BCUT2D eigenvalue weighted by Gasteiger charge is 2.42. The summed E-state index contributed by atoms with van der Waals surface area (Å²) in [5.74, 6) is -0.397. The Morgan fingerprint density at radius 2 is 2.04 bits per heavy atom. The number of carbonyl (C=O) groups excluding carboxylic acids is 1. The molecule has 1 fully saturated rings. The highest BCUT2D eigenvalue weighted by atomic mass is 32.2. The largest absolute Gasteiger partial charge is 0.478 e. The summed E-state index contributed by atoms with van der Waals surface area (Å²) >= 11 is 1.39. The fourth-order valence-corrected chi connectivity index (χ4v) is 3.94. The van der Waals surface area contributed by atoms with Crippen LogP contribution in [-0.4, -0.2) is 37.2 Å². The maximum absolute atomic E-state index is 12.7. The summed E-state index contributed by atoms with van der Waals surface area (Å²) in [5, 5.41) is 12.2. The van der Waals surface area contributed by atoms with Crippen molar-refractivity contribution in [2.75, 3.05) is 20.3 Å². The number of methoxy groups -OCH3 is 1. The smallest absolute Gasteiger partial charge is 0.339 e. The second-order valence-corrected chi connectivity index (χ2v) is 7.79. The van der Waals surface area contributed by atoms with Gasteiger partial charge in [0, 0.05) is 25.2 Å². The van der Waals surface area contributed by atoms with E-state index in [1.165, 1.54) is 24.1 Å². The SMILES string of the molecule is COCCC1(CNC(=O)c2ccccc2SCc2occc2C(=O)O)CC1. The summed E-state index contributed by atoms with van der Waals surface area (Å²) in [6.07, 6.45) is 4.55. The van der Waals surface area contributed by atoms with E-state index in [-0.39, 0.29) is 16.9 Å². The van der Waals surface area contributed by atoms with Crippen LogP contribution in [0, 0.1) is 5.41 Å². The number of hydrogen-bond donors (Lipinski definition) is 2. The Balaban J connectivity index is 1.62. The van der Waals surface area contributed by atoms with Crippen molar-refractivity contribution in [1.82, 2.24) is 5.32 Å². The first-order chi connectivity index (χ1) is 13.0. The molecule has 3 rings (SSSR count). The molecule has 27 heavy (non-hydrogen) atoms. The number of hydrogen-bond acceptors (Lipinski definition) is 5. The number of furan rings is 1. The van der Waals surface area contributed by atoms with Crippen molar-refractivity contribution in [2.24, 2.45) is 5.41 Å². The van der Waals surface area contributed by atoms with Gasteiger partial charge >= 0.3 is 5.97 Å². The highest BCUT2D eigenvalue weighted by molar-refractivity contribution is 7.98. The standard InChI is InChI=1S/C20H23NO5S/c1-25-11-9-20(7-8-20)13-21-18(22)15-4-2-3-5-17(15)27-12-16-14(19(23)24)6-10-26-16/h2-6,10H,7-9,11-13H2,1H3,(H,21,22)(H,23,24). The van der Waals surface area contributed by atoms with Gasteiger partial charge in [-0.05, 0) is 42.9 Å². The maximum Gasteiger partial charge on any atom is 0.339 e. The number of aromatic carboxylic acids is 1. The third-order valence-corrected chi connectivity index (χ3v) is 5.96. The van der Waals surface area contributed by atoms with Crippen LogP contribution in [0.1, 0.15) is 45.7 Å². The van der Waals surface area contributed by atoms with Gasteiger partial charge < -0.3 is 19.6 Å². The summed E-state index contributed by atoms with van der Waals surface area (Å²) < 4.78 is 10.4. The molecule has 0 unspecified atom stereocenters. The van der Waals surface area contributed by atoms with E-state index < -0.39 is 5.97 Å². The topological polar surface area (TPSA) is 88.8 Å². The zero-order valence-electron chi connectivity index (χ0n) is 15.2. The van der Waals surface area contributed by atoms with Gasteiger partial charge in [-0.15, -0.1) is 11.8 Å². The first kappa shape index (κ1) is 19.5. The van der Waals surface area contributed by atoms with Crippen LogP contribution in [0.2, 0.25) is 0 Å². The van der Waals surface area contributed by atoms with E-state index in [4.69, 9.17) is 14.3 Å². The normalized spacial score (nSPS) is 14.7. The number of nitrogens with one attached hydrogen (secondary N) is 1. The van der Waals surface area contributed by atoms with Crippen LogP contribution in [0.5, 0.6) is 0 Å². The molecular formula is C20H23NO5S. The average Bonchev–Trinajstić information content (AvgIpc) is 3.28. The van der Waals surface area contributed by atoms with E-state index in [2.05, 4.69) is 5.32 Å². The molecule has 1 aliphatic carbocycles. The molecule has 0 aliphatic heterocycles. The Hall–Kier alpha value is -2.25. The van der Waals surface area contributed by atoms with Crippen LogP contribution >= 0.6 is 11.8 Å². The van der Waals surface area contributed by atoms with E-state index in [9.17, 15) is 9.59 Å². The fourth-order valence-electron chi connectivity index (χ4n) is 2.94. The summed E-state index contributed by atoms with van der Waals surface area (Å²) in [7, 11) is 1.69. The van der Waals surface area contributed by atoms with Gasteiger partial charge in [0.15, 0.2) is 0 Å². The van der Waals surface area contributed by atoms with Crippen molar-refractivity contribution in [1.29, 1.82) is 0 Å². The molecule has 144 valence electrons. The van der Waals surface area contributed by atoms with E-state index in [0.717, 1.165) is 24.2 Å². The van der Waals surface area contributed by atoms with Crippen molar-refractivity contribution in [3.05, 3.63) is 53.5 Å². The van der Waals surface area contributed by atoms with Gasteiger partial charge in [-0.25, -0.2) is 4.79 Å². The third kappa shape index (κ3) is 4.93. The van der Waals surface area contributed by atoms with Gasteiger partial charge in [0.1, 0.15) is 11.3 Å². The first-order valence-electron chi connectivity index (χ1n) is 8.83. The Morgan fingerprint density at radius 3 is 2.74 bits per heavy atom. The fraction of sp³-hybridized carbons (Fsp3) is 0.400. The van der Waals surface area contributed by atoms with E-state index in [0.29, 0.717) is 30.2 Å².